The highest BCUT2D eigenvalue weighted by molar-refractivity contribution is 7.47. The smallest absolute Gasteiger partial charge is 0.404 e. The minimum absolute atomic E-state index is 0.260. The van der Waals surface area contributed by atoms with Gasteiger partial charge in [0, 0.05) is 5.69 Å². The van der Waals surface area contributed by atoms with Crippen molar-refractivity contribution in [1.82, 2.24) is 0 Å². The van der Waals surface area contributed by atoms with E-state index >= 15 is 0 Å². The summed E-state index contributed by atoms with van der Waals surface area (Å²) in [5, 5.41) is 3.18. The van der Waals surface area contributed by atoms with Crippen LogP contribution in [0.5, 0.6) is 11.5 Å². The van der Waals surface area contributed by atoms with Crippen LogP contribution < -0.4 is 14.4 Å². The summed E-state index contributed by atoms with van der Waals surface area (Å²) in [4.78, 5) is 34.4. The Morgan fingerprint density at radius 2 is 1.08 bits per heavy atom. The van der Waals surface area contributed by atoms with E-state index < -0.39 is 15.6 Å². The molecule has 5 N–H and O–H groups in total. The molecule has 1 aliphatic heterocycles. The summed E-state index contributed by atoms with van der Waals surface area (Å²) >= 11 is 0. The summed E-state index contributed by atoms with van der Waals surface area (Å²) in [6.07, 6.45) is 5.17. The molecule has 9 nitrogen and oxygen atoms in total. The maximum Gasteiger partial charge on any atom is 0.524 e. The topological polar surface area (TPSA) is 146 Å². The monoisotopic (exact) mass is 535 g/mol. The fraction of sp³-hybridized carbons (Fsp3) is 0.200. The molecule has 36 heavy (non-hydrogen) atoms. The van der Waals surface area contributed by atoms with Crippen LogP contribution in [0.15, 0.2) is 72.9 Å². The second-order valence-electron chi connectivity index (χ2n) is 8.01. The van der Waals surface area contributed by atoms with Crippen LogP contribution >= 0.6 is 15.6 Å². The highest BCUT2D eigenvalue weighted by Gasteiger charge is 2.19. The number of nitrogens with one attached hydrogen (secondary N) is 1. The Bertz CT molecular complexity index is 1160. The first kappa shape index (κ1) is 29.3. The van der Waals surface area contributed by atoms with Gasteiger partial charge >= 0.3 is 15.6 Å². The van der Waals surface area contributed by atoms with Crippen LogP contribution in [-0.4, -0.2) is 19.6 Å². The SMILES string of the molecule is C1=CNc2ccccc2C1.Cc1cccc(C)c1OP(=O)(O)O.Cc1cccc(C)c1OP(=O)(O)O. The minimum Gasteiger partial charge on any atom is -0.404 e. The zero-order valence-electron chi connectivity index (χ0n) is 20.5. The molecule has 194 valence electrons. The van der Waals surface area contributed by atoms with Crippen LogP contribution in [0.25, 0.3) is 0 Å². The van der Waals surface area contributed by atoms with Crippen molar-refractivity contribution in [3.8, 4) is 11.5 Å². The van der Waals surface area contributed by atoms with E-state index in [2.05, 4.69) is 38.6 Å². The number of para-hydroxylation sites is 3. The van der Waals surface area contributed by atoms with Crippen LogP contribution in [-0.2, 0) is 15.6 Å². The van der Waals surface area contributed by atoms with Crippen molar-refractivity contribution in [3.05, 3.63) is 101 Å². The van der Waals surface area contributed by atoms with Crippen molar-refractivity contribution in [2.75, 3.05) is 5.32 Å². The number of anilines is 1. The van der Waals surface area contributed by atoms with Crippen LogP contribution in [0, 0.1) is 27.7 Å². The van der Waals surface area contributed by atoms with Gasteiger partial charge in [0.1, 0.15) is 11.5 Å². The largest absolute Gasteiger partial charge is 0.524 e. The van der Waals surface area contributed by atoms with E-state index in [4.69, 9.17) is 19.6 Å². The van der Waals surface area contributed by atoms with E-state index in [0.29, 0.717) is 22.3 Å². The predicted molar refractivity (Wildman–Crippen MR) is 140 cm³/mol. The minimum atomic E-state index is -4.44. The Balaban J connectivity index is 0.000000192. The van der Waals surface area contributed by atoms with Gasteiger partial charge in [-0.1, -0.05) is 60.7 Å². The first-order chi connectivity index (χ1) is 16.8. The van der Waals surface area contributed by atoms with Gasteiger partial charge in [-0.3, -0.25) is 19.6 Å². The first-order valence-electron chi connectivity index (χ1n) is 10.9. The molecule has 0 bridgehead atoms. The molecule has 0 unspecified atom stereocenters. The van der Waals surface area contributed by atoms with Crippen LogP contribution in [0.1, 0.15) is 27.8 Å². The summed E-state index contributed by atoms with van der Waals surface area (Å²) in [6.45, 7) is 6.94. The highest BCUT2D eigenvalue weighted by Crippen LogP contribution is 2.41. The molecule has 0 aliphatic carbocycles. The lowest BCUT2D eigenvalue weighted by Crippen LogP contribution is -1.98. The summed E-state index contributed by atoms with van der Waals surface area (Å²) in [6, 6.07) is 18.9. The molecule has 0 atom stereocenters. The van der Waals surface area contributed by atoms with Gasteiger partial charge in [-0.25, -0.2) is 9.13 Å². The third-order valence-electron chi connectivity index (χ3n) is 4.95. The fourth-order valence-corrected chi connectivity index (χ4v) is 4.35. The molecule has 0 radical (unpaired) electrons. The molecule has 1 aliphatic rings. The number of rotatable bonds is 4. The first-order valence-corrected chi connectivity index (χ1v) is 13.9. The third-order valence-corrected chi connectivity index (χ3v) is 5.79. The van der Waals surface area contributed by atoms with Crippen LogP contribution in [0.2, 0.25) is 0 Å². The second-order valence-corrected chi connectivity index (χ2v) is 10.3. The quantitative estimate of drug-likeness (QED) is 0.265. The van der Waals surface area contributed by atoms with Gasteiger partial charge in [-0.15, -0.1) is 0 Å². The summed E-state index contributed by atoms with van der Waals surface area (Å²) in [5.41, 5.74) is 5.47. The van der Waals surface area contributed by atoms with Crippen LogP contribution in [0.3, 0.4) is 0 Å². The van der Waals surface area contributed by atoms with E-state index in [1.807, 2.05) is 12.3 Å². The van der Waals surface area contributed by atoms with E-state index in [0.717, 1.165) is 6.42 Å². The van der Waals surface area contributed by atoms with Gasteiger partial charge in [-0.05, 0) is 74.2 Å². The standard InChI is InChI=1S/C9H9N.2C8H11O4P/c1-2-6-9-8(4-1)5-3-7-10-9;2*1-6-4-3-5-7(2)8(6)12-13(9,10)11/h1-4,6-7,10H,5H2;2*3-5H,1-2H3,(H2,9,10,11). The van der Waals surface area contributed by atoms with Gasteiger partial charge in [0.15, 0.2) is 0 Å². The number of hydrogen-bond acceptors (Lipinski definition) is 5. The Morgan fingerprint density at radius 1 is 0.667 bits per heavy atom. The maximum absolute atomic E-state index is 10.6. The number of aryl methyl sites for hydroxylation is 4. The molecule has 0 amide bonds. The number of benzene rings is 3. The molecule has 0 aromatic heterocycles. The average molecular weight is 535 g/mol. The van der Waals surface area contributed by atoms with Crippen molar-refractivity contribution < 1.29 is 37.8 Å². The predicted octanol–water partition coefficient (Wildman–Crippen LogP) is 5.72. The lowest BCUT2D eigenvalue weighted by Gasteiger charge is -2.11. The molecule has 0 saturated carbocycles. The number of phosphoric acid groups is 2. The summed E-state index contributed by atoms with van der Waals surface area (Å²) in [5.74, 6) is 0.520. The fourth-order valence-electron chi connectivity index (χ4n) is 3.30. The zero-order valence-corrected chi connectivity index (χ0v) is 22.2. The normalized spacial score (nSPS) is 12.1. The summed E-state index contributed by atoms with van der Waals surface area (Å²) in [7, 11) is -8.88. The number of phosphoric ester groups is 2. The molecular weight excluding hydrogens is 504 g/mol. The third kappa shape index (κ3) is 9.99. The number of allylic oxidation sites excluding steroid dienone is 1. The van der Waals surface area contributed by atoms with Crippen molar-refractivity contribution >= 4 is 21.3 Å². The Labute approximate surface area is 210 Å². The van der Waals surface area contributed by atoms with Crippen molar-refractivity contribution in [2.24, 2.45) is 0 Å². The Kier molecular flexibility index (Phi) is 10.5. The molecule has 11 heteroatoms. The molecular formula is C25H31NO8P2. The van der Waals surface area contributed by atoms with Crippen LogP contribution in [0.4, 0.5) is 5.69 Å². The highest BCUT2D eigenvalue weighted by atomic mass is 31.2. The van der Waals surface area contributed by atoms with E-state index in [-0.39, 0.29) is 11.5 Å². The van der Waals surface area contributed by atoms with Gasteiger partial charge in [0.25, 0.3) is 0 Å². The van der Waals surface area contributed by atoms with Gasteiger partial charge in [0.2, 0.25) is 0 Å². The molecule has 0 fully saturated rings. The maximum atomic E-state index is 10.6. The number of fused-ring (bicyclic) bond motifs is 1. The van der Waals surface area contributed by atoms with Gasteiger partial charge in [0.05, 0.1) is 0 Å². The van der Waals surface area contributed by atoms with E-state index in [1.165, 1.54) is 11.3 Å². The Hall–Kier alpha value is -2.90. The zero-order chi connectivity index (χ0) is 26.9. The Morgan fingerprint density at radius 3 is 1.47 bits per heavy atom. The molecule has 1 heterocycles. The second kappa shape index (κ2) is 12.9. The molecule has 4 rings (SSSR count). The van der Waals surface area contributed by atoms with Gasteiger partial charge < -0.3 is 14.4 Å². The van der Waals surface area contributed by atoms with E-state index in [1.54, 1.807) is 64.1 Å². The lowest BCUT2D eigenvalue weighted by atomic mass is 10.1. The van der Waals surface area contributed by atoms with Crippen molar-refractivity contribution in [3.63, 3.8) is 0 Å². The lowest BCUT2D eigenvalue weighted by molar-refractivity contribution is 0.279. The average Bonchev–Trinajstić information content (AvgIpc) is 2.79. The summed E-state index contributed by atoms with van der Waals surface area (Å²) < 4.78 is 30.2. The molecule has 0 spiro atoms. The number of hydrogen-bond donors (Lipinski definition) is 5. The van der Waals surface area contributed by atoms with E-state index in [9.17, 15) is 9.13 Å². The molecule has 3 aromatic carbocycles. The van der Waals surface area contributed by atoms with Crippen molar-refractivity contribution in [1.29, 1.82) is 0 Å². The van der Waals surface area contributed by atoms with Gasteiger partial charge in [-0.2, -0.15) is 0 Å². The molecule has 3 aromatic rings. The molecule has 0 saturated heterocycles. The van der Waals surface area contributed by atoms with Crippen molar-refractivity contribution in [2.45, 2.75) is 34.1 Å².